The van der Waals surface area contributed by atoms with Crippen LogP contribution in [0.15, 0.2) is 42.5 Å². The number of hydrogen-bond acceptors (Lipinski definition) is 3. The zero-order valence-corrected chi connectivity index (χ0v) is 12.2. The highest BCUT2D eigenvalue weighted by molar-refractivity contribution is 6.31. The Bertz CT molecular complexity index is 601. The maximum atomic E-state index is 9.87. The van der Waals surface area contributed by atoms with Gasteiger partial charge in [0.05, 0.1) is 0 Å². The lowest BCUT2D eigenvalue weighted by Crippen LogP contribution is -2.22. The van der Waals surface area contributed by atoms with Gasteiger partial charge in [0.15, 0.2) is 0 Å². The Morgan fingerprint density at radius 3 is 2.25 bits per heavy atom. The molecule has 0 radical (unpaired) electrons. The molecule has 0 aliphatic carbocycles. The molecule has 2 aromatic carbocycles. The summed E-state index contributed by atoms with van der Waals surface area (Å²) in [4.78, 5) is 0. The number of rotatable bonds is 4. The summed E-state index contributed by atoms with van der Waals surface area (Å²) in [6.45, 7) is 3.98. The quantitative estimate of drug-likeness (QED) is 0.793. The molecule has 0 amide bonds. The van der Waals surface area contributed by atoms with E-state index in [1.807, 2.05) is 38.1 Å². The fourth-order valence-corrected chi connectivity index (χ4v) is 2.58. The van der Waals surface area contributed by atoms with Gasteiger partial charge in [-0.1, -0.05) is 35.9 Å². The Morgan fingerprint density at radius 2 is 1.60 bits per heavy atom. The molecule has 0 aliphatic rings. The molecule has 20 heavy (non-hydrogen) atoms. The maximum Gasteiger partial charge on any atom is 0.124 e. The predicted octanol–water partition coefficient (Wildman–Crippen LogP) is 4.16. The number of benzene rings is 2. The van der Waals surface area contributed by atoms with E-state index in [0.717, 1.165) is 16.1 Å². The summed E-state index contributed by atoms with van der Waals surface area (Å²) in [6.07, 6.45) is 0. The lowest BCUT2D eigenvalue weighted by Gasteiger charge is -2.22. The first-order chi connectivity index (χ1) is 9.49. The van der Waals surface area contributed by atoms with Gasteiger partial charge in [-0.05, 0) is 31.5 Å². The minimum absolute atomic E-state index is 0.0481. The second-order valence-corrected chi connectivity index (χ2v) is 5.28. The molecule has 0 aliphatic heterocycles. The van der Waals surface area contributed by atoms with Crippen LogP contribution in [0.25, 0.3) is 0 Å². The molecule has 106 valence electrons. The van der Waals surface area contributed by atoms with E-state index in [9.17, 15) is 10.2 Å². The highest BCUT2D eigenvalue weighted by atomic mass is 35.5. The van der Waals surface area contributed by atoms with Crippen LogP contribution in [0, 0.1) is 0 Å². The van der Waals surface area contributed by atoms with Gasteiger partial charge in [-0.25, -0.2) is 0 Å². The number of aromatic hydroxyl groups is 2. The molecular weight excluding hydrogens is 274 g/mol. The third-order valence-electron chi connectivity index (χ3n) is 3.35. The van der Waals surface area contributed by atoms with Crippen molar-refractivity contribution in [2.75, 3.05) is 0 Å². The number of halogens is 1. The monoisotopic (exact) mass is 291 g/mol. The van der Waals surface area contributed by atoms with E-state index in [4.69, 9.17) is 11.6 Å². The molecule has 0 fully saturated rings. The maximum absolute atomic E-state index is 9.87. The zero-order valence-electron chi connectivity index (χ0n) is 11.5. The van der Waals surface area contributed by atoms with Gasteiger partial charge in [-0.15, -0.1) is 0 Å². The first-order valence-corrected chi connectivity index (χ1v) is 6.89. The van der Waals surface area contributed by atoms with Crippen molar-refractivity contribution in [3.05, 3.63) is 58.6 Å². The van der Waals surface area contributed by atoms with Crippen molar-refractivity contribution in [3.8, 4) is 11.5 Å². The fourth-order valence-electron chi connectivity index (χ4n) is 2.28. The molecule has 0 spiro atoms. The zero-order chi connectivity index (χ0) is 14.7. The van der Waals surface area contributed by atoms with Crippen molar-refractivity contribution < 1.29 is 10.2 Å². The van der Waals surface area contributed by atoms with Crippen molar-refractivity contribution in [1.82, 2.24) is 5.32 Å². The molecule has 0 saturated carbocycles. The molecule has 2 atom stereocenters. The summed E-state index contributed by atoms with van der Waals surface area (Å²) in [5.41, 5.74) is 1.75. The van der Waals surface area contributed by atoms with Crippen LogP contribution in [0.4, 0.5) is 0 Å². The topological polar surface area (TPSA) is 52.5 Å². The Labute approximate surface area is 123 Å². The summed E-state index contributed by atoms with van der Waals surface area (Å²) >= 11 is 6.18. The van der Waals surface area contributed by atoms with Crippen LogP contribution in [0.5, 0.6) is 11.5 Å². The highest BCUT2D eigenvalue weighted by Crippen LogP contribution is 2.30. The Hall–Kier alpha value is -1.71. The number of nitrogens with one attached hydrogen (secondary N) is 1. The first kappa shape index (κ1) is 14.7. The number of hydrogen-bond donors (Lipinski definition) is 3. The van der Waals surface area contributed by atoms with Crippen LogP contribution in [0.1, 0.15) is 37.1 Å². The fraction of sp³-hybridized carbons (Fsp3) is 0.250. The van der Waals surface area contributed by atoms with E-state index in [2.05, 4.69) is 5.32 Å². The summed E-state index contributed by atoms with van der Waals surface area (Å²) < 4.78 is 0. The number of phenolic OH excluding ortho intramolecular Hbond substituents is 2. The van der Waals surface area contributed by atoms with Gasteiger partial charge in [0.1, 0.15) is 11.5 Å². The standard InChI is InChI=1S/C16H18ClNO2/c1-10(13-5-3-4-6-15(13)17)18-11(2)14-8-7-12(19)9-16(14)20/h3-11,18-20H,1-2H3/t10-,11?/m0/s1. The van der Waals surface area contributed by atoms with Gasteiger partial charge in [-0.2, -0.15) is 0 Å². The lowest BCUT2D eigenvalue weighted by molar-refractivity contribution is 0.427. The smallest absolute Gasteiger partial charge is 0.124 e. The average Bonchev–Trinajstić information content (AvgIpc) is 2.38. The van der Waals surface area contributed by atoms with E-state index >= 15 is 0 Å². The summed E-state index contributed by atoms with van der Waals surface area (Å²) in [5.74, 6) is 0.133. The molecule has 3 N–H and O–H groups in total. The molecule has 0 heterocycles. The Balaban J connectivity index is 2.15. The second kappa shape index (κ2) is 6.16. The van der Waals surface area contributed by atoms with Crippen molar-refractivity contribution in [1.29, 1.82) is 0 Å². The van der Waals surface area contributed by atoms with Gasteiger partial charge in [-0.3, -0.25) is 0 Å². The molecule has 2 aromatic rings. The average molecular weight is 292 g/mol. The SMILES string of the molecule is CC(N[C@@H](C)c1ccccc1Cl)c1ccc(O)cc1O. The van der Waals surface area contributed by atoms with E-state index in [0.29, 0.717) is 0 Å². The summed E-state index contributed by atoms with van der Waals surface area (Å²) in [5, 5.41) is 23.3. The van der Waals surface area contributed by atoms with E-state index in [-0.39, 0.29) is 23.6 Å². The van der Waals surface area contributed by atoms with Crippen LogP contribution >= 0.6 is 11.6 Å². The first-order valence-electron chi connectivity index (χ1n) is 6.51. The van der Waals surface area contributed by atoms with Gasteiger partial charge < -0.3 is 15.5 Å². The largest absolute Gasteiger partial charge is 0.508 e. The molecule has 0 bridgehead atoms. The highest BCUT2D eigenvalue weighted by Gasteiger charge is 2.15. The molecular formula is C16H18ClNO2. The van der Waals surface area contributed by atoms with Gasteiger partial charge in [0, 0.05) is 28.7 Å². The Kier molecular flexibility index (Phi) is 4.53. The molecule has 0 aromatic heterocycles. The van der Waals surface area contributed by atoms with Crippen LogP contribution in [0.3, 0.4) is 0 Å². The van der Waals surface area contributed by atoms with E-state index in [1.54, 1.807) is 12.1 Å². The van der Waals surface area contributed by atoms with Crippen molar-refractivity contribution in [3.63, 3.8) is 0 Å². The predicted molar refractivity (Wildman–Crippen MR) is 81.2 cm³/mol. The number of phenols is 2. The lowest BCUT2D eigenvalue weighted by atomic mass is 10.0. The van der Waals surface area contributed by atoms with Crippen LogP contribution in [-0.2, 0) is 0 Å². The van der Waals surface area contributed by atoms with Crippen LogP contribution in [0.2, 0.25) is 5.02 Å². The van der Waals surface area contributed by atoms with Gasteiger partial charge in [0.25, 0.3) is 0 Å². The van der Waals surface area contributed by atoms with Crippen LogP contribution < -0.4 is 5.32 Å². The second-order valence-electron chi connectivity index (χ2n) is 4.87. The third-order valence-corrected chi connectivity index (χ3v) is 3.70. The van der Waals surface area contributed by atoms with E-state index in [1.165, 1.54) is 6.07 Å². The normalized spacial score (nSPS) is 13.9. The molecule has 4 heteroatoms. The minimum Gasteiger partial charge on any atom is -0.508 e. The van der Waals surface area contributed by atoms with Crippen molar-refractivity contribution >= 4 is 11.6 Å². The third kappa shape index (κ3) is 3.24. The van der Waals surface area contributed by atoms with Crippen LogP contribution in [-0.4, -0.2) is 10.2 Å². The van der Waals surface area contributed by atoms with Crippen molar-refractivity contribution in [2.24, 2.45) is 0 Å². The van der Waals surface area contributed by atoms with Crippen molar-refractivity contribution in [2.45, 2.75) is 25.9 Å². The molecule has 3 nitrogen and oxygen atoms in total. The molecule has 2 rings (SSSR count). The van der Waals surface area contributed by atoms with Gasteiger partial charge >= 0.3 is 0 Å². The van der Waals surface area contributed by atoms with E-state index < -0.39 is 0 Å². The molecule has 1 unspecified atom stereocenters. The Morgan fingerprint density at radius 1 is 0.950 bits per heavy atom. The summed E-state index contributed by atoms with van der Waals surface area (Å²) in [6, 6.07) is 12.3. The summed E-state index contributed by atoms with van der Waals surface area (Å²) in [7, 11) is 0. The molecule has 0 saturated heterocycles. The minimum atomic E-state index is -0.0677. The van der Waals surface area contributed by atoms with Gasteiger partial charge in [0.2, 0.25) is 0 Å².